The average molecular weight is 458 g/mol. The lowest BCUT2D eigenvalue weighted by molar-refractivity contribution is 0.284. The van der Waals surface area contributed by atoms with Crippen LogP contribution in [0.4, 0.5) is 10.9 Å². The lowest BCUT2D eigenvalue weighted by Gasteiger charge is -2.13. The quantitative estimate of drug-likeness (QED) is 0.350. The van der Waals surface area contributed by atoms with E-state index in [4.69, 9.17) is 50.0 Å². The third-order valence-corrected chi connectivity index (χ3v) is 5.25. The number of hydrogen-bond acceptors (Lipinski definition) is 7. The Morgan fingerprint density at radius 2 is 2.00 bits per heavy atom. The highest BCUT2D eigenvalue weighted by molar-refractivity contribution is 7.14. The van der Waals surface area contributed by atoms with Gasteiger partial charge in [-0.3, -0.25) is 5.43 Å². The summed E-state index contributed by atoms with van der Waals surface area (Å²) in [5.74, 6) is 1.43. The van der Waals surface area contributed by atoms with Crippen LogP contribution < -0.4 is 20.6 Å². The molecule has 0 saturated carbocycles. The van der Waals surface area contributed by atoms with Gasteiger partial charge >= 0.3 is 0 Å². The van der Waals surface area contributed by atoms with Gasteiger partial charge in [0.05, 0.1) is 18.3 Å². The first kappa shape index (κ1) is 20.5. The van der Waals surface area contributed by atoms with Gasteiger partial charge in [-0.25, -0.2) is 4.98 Å². The molecule has 0 radical (unpaired) electrons. The molecule has 0 amide bonds. The van der Waals surface area contributed by atoms with Gasteiger partial charge in [-0.15, -0.1) is 11.3 Å². The van der Waals surface area contributed by atoms with E-state index in [-0.39, 0.29) is 6.61 Å². The second kappa shape index (κ2) is 9.34. The molecule has 0 saturated heterocycles. The van der Waals surface area contributed by atoms with Gasteiger partial charge in [0, 0.05) is 32.6 Å². The SMILES string of the molecule is COc1cc(C=NNc2nc(N)cs2)c(Cl)cc1OCc1ccc(Cl)cc1Cl. The van der Waals surface area contributed by atoms with Crippen molar-refractivity contribution in [2.24, 2.45) is 5.10 Å². The maximum atomic E-state index is 6.35. The lowest BCUT2D eigenvalue weighted by Crippen LogP contribution is -2.00. The Balaban J connectivity index is 1.73. The van der Waals surface area contributed by atoms with Crippen LogP contribution in [0.1, 0.15) is 11.1 Å². The van der Waals surface area contributed by atoms with Crippen LogP contribution >= 0.6 is 46.1 Å². The van der Waals surface area contributed by atoms with Gasteiger partial charge in [0.25, 0.3) is 0 Å². The van der Waals surface area contributed by atoms with E-state index in [0.29, 0.717) is 43.1 Å². The number of nitrogens with two attached hydrogens (primary N) is 1. The minimum Gasteiger partial charge on any atom is -0.493 e. The number of hydrogen-bond donors (Lipinski definition) is 2. The fourth-order valence-electron chi connectivity index (χ4n) is 2.21. The zero-order valence-corrected chi connectivity index (χ0v) is 17.7. The first-order valence-corrected chi connectivity index (χ1v) is 9.92. The zero-order valence-electron chi connectivity index (χ0n) is 14.6. The molecule has 28 heavy (non-hydrogen) atoms. The predicted molar refractivity (Wildman–Crippen MR) is 117 cm³/mol. The van der Waals surface area contributed by atoms with Crippen molar-refractivity contribution in [3.63, 3.8) is 0 Å². The van der Waals surface area contributed by atoms with Crippen LogP contribution in [-0.2, 0) is 6.61 Å². The molecule has 0 fully saturated rings. The first-order chi connectivity index (χ1) is 13.5. The summed E-state index contributed by atoms with van der Waals surface area (Å²) >= 11 is 19.8. The van der Waals surface area contributed by atoms with Gasteiger partial charge in [0.1, 0.15) is 12.4 Å². The van der Waals surface area contributed by atoms with Gasteiger partial charge in [-0.1, -0.05) is 40.9 Å². The van der Waals surface area contributed by atoms with Crippen molar-refractivity contribution in [1.29, 1.82) is 0 Å². The number of nitrogens with zero attached hydrogens (tertiary/aromatic N) is 2. The van der Waals surface area contributed by atoms with Crippen molar-refractivity contribution < 1.29 is 9.47 Å². The molecule has 0 spiro atoms. The summed E-state index contributed by atoms with van der Waals surface area (Å²) in [6.45, 7) is 0.239. The summed E-state index contributed by atoms with van der Waals surface area (Å²) in [6, 6.07) is 8.60. The van der Waals surface area contributed by atoms with E-state index < -0.39 is 0 Å². The van der Waals surface area contributed by atoms with E-state index in [2.05, 4.69) is 15.5 Å². The molecule has 3 rings (SSSR count). The Morgan fingerprint density at radius 1 is 1.18 bits per heavy atom. The molecule has 3 aromatic rings. The van der Waals surface area contributed by atoms with E-state index in [1.807, 2.05) is 0 Å². The molecule has 1 heterocycles. The highest BCUT2D eigenvalue weighted by Crippen LogP contribution is 2.34. The molecular weight excluding hydrogens is 443 g/mol. The van der Waals surface area contributed by atoms with Crippen molar-refractivity contribution in [2.75, 3.05) is 18.3 Å². The van der Waals surface area contributed by atoms with E-state index >= 15 is 0 Å². The van der Waals surface area contributed by atoms with Crippen molar-refractivity contribution in [3.05, 3.63) is 61.9 Å². The highest BCUT2D eigenvalue weighted by Gasteiger charge is 2.11. The largest absolute Gasteiger partial charge is 0.493 e. The Bertz CT molecular complexity index is 1010. The normalized spacial score (nSPS) is 11.0. The smallest absolute Gasteiger partial charge is 0.205 e. The Labute approximate surface area is 180 Å². The number of methoxy groups -OCH3 is 1. The summed E-state index contributed by atoms with van der Waals surface area (Å²) in [6.07, 6.45) is 1.56. The van der Waals surface area contributed by atoms with Crippen LogP contribution in [0.2, 0.25) is 15.1 Å². The van der Waals surface area contributed by atoms with Crippen LogP contribution in [0.15, 0.2) is 40.8 Å². The van der Waals surface area contributed by atoms with E-state index in [0.717, 1.165) is 5.56 Å². The summed E-state index contributed by atoms with van der Waals surface area (Å²) < 4.78 is 11.2. The number of nitrogen functional groups attached to an aromatic ring is 1. The summed E-state index contributed by atoms with van der Waals surface area (Å²) in [5, 5.41) is 7.94. The van der Waals surface area contributed by atoms with Crippen molar-refractivity contribution in [2.45, 2.75) is 6.61 Å². The highest BCUT2D eigenvalue weighted by atomic mass is 35.5. The Hall–Kier alpha value is -2.19. The monoisotopic (exact) mass is 456 g/mol. The summed E-state index contributed by atoms with van der Waals surface area (Å²) in [5.41, 5.74) is 9.80. The molecule has 146 valence electrons. The zero-order chi connectivity index (χ0) is 20.1. The van der Waals surface area contributed by atoms with Crippen molar-refractivity contribution in [3.8, 4) is 11.5 Å². The summed E-state index contributed by atoms with van der Waals surface area (Å²) in [7, 11) is 1.54. The van der Waals surface area contributed by atoms with Crippen LogP contribution in [0.5, 0.6) is 11.5 Å². The number of nitrogens with one attached hydrogen (secondary N) is 1. The third kappa shape index (κ3) is 5.20. The van der Waals surface area contributed by atoms with Crippen LogP contribution in [0, 0.1) is 0 Å². The maximum absolute atomic E-state index is 6.35. The van der Waals surface area contributed by atoms with Crippen LogP contribution in [0.25, 0.3) is 0 Å². The van der Waals surface area contributed by atoms with Gasteiger partial charge < -0.3 is 15.2 Å². The van der Waals surface area contributed by atoms with E-state index in [9.17, 15) is 0 Å². The Kier molecular flexibility index (Phi) is 6.85. The lowest BCUT2D eigenvalue weighted by atomic mass is 10.2. The van der Waals surface area contributed by atoms with Crippen LogP contribution in [0.3, 0.4) is 0 Å². The van der Waals surface area contributed by atoms with Gasteiger partial charge in [0.2, 0.25) is 5.13 Å². The molecule has 6 nitrogen and oxygen atoms in total. The number of benzene rings is 2. The number of rotatable bonds is 7. The maximum Gasteiger partial charge on any atom is 0.205 e. The average Bonchev–Trinajstić information content (AvgIpc) is 3.07. The Morgan fingerprint density at radius 3 is 2.68 bits per heavy atom. The van der Waals surface area contributed by atoms with Gasteiger partial charge in [-0.2, -0.15) is 5.10 Å². The van der Waals surface area contributed by atoms with Gasteiger partial charge in [-0.05, 0) is 18.2 Å². The molecule has 0 aliphatic carbocycles. The number of halogens is 3. The number of hydrazone groups is 1. The van der Waals surface area contributed by atoms with Crippen molar-refractivity contribution in [1.82, 2.24) is 4.98 Å². The standard InChI is InChI=1S/C18H15Cl3N4O2S/c1-26-15-4-11(7-23-25-18-24-17(22)9-28-18)14(21)6-16(15)27-8-10-2-3-12(19)5-13(10)20/h2-7,9H,8,22H2,1H3,(H,24,25). The summed E-state index contributed by atoms with van der Waals surface area (Å²) in [4.78, 5) is 4.05. The fraction of sp³-hybridized carbons (Fsp3) is 0.111. The molecule has 0 unspecified atom stereocenters. The van der Waals surface area contributed by atoms with Gasteiger partial charge in [0.15, 0.2) is 11.5 Å². The minimum atomic E-state index is 0.239. The molecule has 0 aliphatic rings. The molecule has 2 aromatic carbocycles. The third-order valence-electron chi connectivity index (χ3n) is 3.57. The molecule has 0 atom stereocenters. The first-order valence-electron chi connectivity index (χ1n) is 7.90. The fourth-order valence-corrected chi connectivity index (χ4v) is 3.42. The number of ether oxygens (including phenoxy) is 2. The van der Waals surface area contributed by atoms with Crippen molar-refractivity contribution >= 4 is 63.3 Å². The molecular formula is C18H15Cl3N4O2S. The second-order valence-corrected chi connectivity index (χ2v) is 7.61. The predicted octanol–water partition coefficient (Wildman–Crippen LogP) is 5.72. The number of thiazole rings is 1. The van der Waals surface area contributed by atoms with Crippen LogP contribution in [-0.4, -0.2) is 18.3 Å². The molecule has 10 heteroatoms. The number of anilines is 2. The second-order valence-electron chi connectivity index (χ2n) is 5.50. The minimum absolute atomic E-state index is 0.239. The van der Waals surface area contributed by atoms with E-state index in [1.165, 1.54) is 11.3 Å². The number of aromatic nitrogens is 1. The molecule has 0 aliphatic heterocycles. The topological polar surface area (TPSA) is 81.8 Å². The molecule has 3 N–H and O–H groups in total. The molecule has 1 aromatic heterocycles. The molecule has 0 bridgehead atoms. The van der Waals surface area contributed by atoms with E-state index in [1.54, 1.807) is 49.0 Å².